The monoisotopic (exact) mass is 281 g/mol. The van der Waals surface area contributed by atoms with Crippen LogP contribution in [0.1, 0.15) is 16.7 Å². The number of morpholine rings is 1. The number of hydrogen-bond donors (Lipinski definition) is 0. The Bertz CT molecular complexity index is 547. The molecule has 110 valence electrons. The fourth-order valence-corrected chi connectivity index (χ4v) is 2.88. The van der Waals surface area contributed by atoms with Crippen LogP contribution in [0, 0.1) is 0 Å². The maximum atomic E-state index is 5.43. The molecule has 0 aliphatic carbocycles. The van der Waals surface area contributed by atoms with Gasteiger partial charge in [-0.1, -0.05) is 54.6 Å². The number of hydrogen-bond acceptors (Lipinski definition) is 2. The quantitative estimate of drug-likeness (QED) is 0.834. The summed E-state index contributed by atoms with van der Waals surface area (Å²) in [6.07, 6.45) is 2.23. The van der Waals surface area contributed by atoms with E-state index in [4.69, 9.17) is 4.74 Å². The van der Waals surface area contributed by atoms with Crippen LogP contribution in [0.15, 0.2) is 54.6 Å². The Labute approximate surface area is 127 Å². The maximum absolute atomic E-state index is 5.43. The second-order valence-corrected chi connectivity index (χ2v) is 5.64. The van der Waals surface area contributed by atoms with Gasteiger partial charge < -0.3 is 4.74 Å². The highest BCUT2D eigenvalue weighted by Crippen LogP contribution is 2.15. The van der Waals surface area contributed by atoms with Crippen LogP contribution in [-0.2, 0) is 24.1 Å². The predicted octanol–water partition coefficient (Wildman–Crippen LogP) is 3.30. The summed E-state index contributed by atoms with van der Waals surface area (Å²) < 4.78 is 5.43. The van der Waals surface area contributed by atoms with Gasteiger partial charge in [0.15, 0.2) is 0 Å². The van der Waals surface area contributed by atoms with E-state index in [2.05, 4.69) is 59.5 Å². The number of nitrogens with zero attached hydrogens (tertiary/aromatic N) is 1. The first kappa shape index (κ1) is 14.3. The summed E-state index contributed by atoms with van der Waals surface area (Å²) in [5.41, 5.74) is 4.36. The third-order valence-corrected chi connectivity index (χ3v) is 4.14. The summed E-state index contributed by atoms with van der Waals surface area (Å²) in [7, 11) is 0. The van der Waals surface area contributed by atoms with Gasteiger partial charge >= 0.3 is 0 Å². The molecular formula is C19H23NO. The average Bonchev–Trinajstić information content (AvgIpc) is 2.56. The zero-order valence-corrected chi connectivity index (χ0v) is 12.5. The first-order valence-corrected chi connectivity index (χ1v) is 7.82. The highest BCUT2D eigenvalue weighted by Gasteiger charge is 2.12. The van der Waals surface area contributed by atoms with Crippen molar-refractivity contribution < 1.29 is 4.74 Å². The maximum Gasteiger partial charge on any atom is 0.0594 e. The molecule has 2 aromatic rings. The molecule has 2 nitrogen and oxygen atoms in total. The molecule has 0 radical (unpaired) electrons. The molecule has 0 bridgehead atoms. The van der Waals surface area contributed by atoms with Crippen LogP contribution >= 0.6 is 0 Å². The number of ether oxygens (including phenoxy) is 1. The third-order valence-electron chi connectivity index (χ3n) is 4.14. The van der Waals surface area contributed by atoms with Crippen molar-refractivity contribution in [1.82, 2.24) is 4.90 Å². The Balaban J connectivity index is 1.64. The molecule has 3 rings (SSSR count). The van der Waals surface area contributed by atoms with E-state index in [9.17, 15) is 0 Å². The van der Waals surface area contributed by atoms with E-state index in [1.807, 2.05) is 0 Å². The lowest BCUT2D eigenvalue weighted by Crippen LogP contribution is -2.35. The molecule has 0 amide bonds. The van der Waals surface area contributed by atoms with Crippen molar-refractivity contribution in [1.29, 1.82) is 0 Å². The minimum absolute atomic E-state index is 0.867. The van der Waals surface area contributed by atoms with Crippen molar-refractivity contribution in [2.75, 3.05) is 26.3 Å². The third kappa shape index (κ3) is 4.16. The molecule has 0 atom stereocenters. The minimum atomic E-state index is 0.867. The Morgan fingerprint density at radius 3 is 2.19 bits per heavy atom. The van der Waals surface area contributed by atoms with Crippen molar-refractivity contribution in [3.63, 3.8) is 0 Å². The van der Waals surface area contributed by atoms with Crippen LogP contribution < -0.4 is 0 Å². The van der Waals surface area contributed by atoms with Gasteiger partial charge in [-0.3, -0.25) is 4.90 Å². The van der Waals surface area contributed by atoms with E-state index in [-0.39, 0.29) is 0 Å². The van der Waals surface area contributed by atoms with Gasteiger partial charge in [0.1, 0.15) is 0 Å². The Kier molecular flexibility index (Phi) is 5.03. The van der Waals surface area contributed by atoms with Gasteiger partial charge in [0.2, 0.25) is 0 Å². The van der Waals surface area contributed by atoms with Crippen LogP contribution in [0.2, 0.25) is 0 Å². The molecule has 2 heteroatoms. The second kappa shape index (κ2) is 7.39. The molecule has 1 heterocycles. The second-order valence-electron chi connectivity index (χ2n) is 5.64. The molecule has 1 aliphatic heterocycles. The molecular weight excluding hydrogens is 258 g/mol. The van der Waals surface area contributed by atoms with Crippen molar-refractivity contribution in [3.8, 4) is 0 Å². The van der Waals surface area contributed by atoms with Crippen LogP contribution in [0.3, 0.4) is 0 Å². The highest BCUT2D eigenvalue weighted by atomic mass is 16.5. The SMILES string of the molecule is c1ccc(CCc2ccccc2CN2CCOCC2)cc1. The molecule has 2 aromatic carbocycles. The van der Waals surface area contributed by atoms with Crippen molar-refractivity contribution in [3.05, 3.63) is 71.3 Å². The summed E-state index contributed by atoms with van der Waals surface area (Å²) in [5.74, 6) is 0. The summed E-state index contributed by atoms with van der Waals surface area (Å²) in [4.78, 5) is 2.49. The van der Waals surface area contributed by atoms with E-state index < -0.39 is 0 Å². The molecule has 1 aliphatic rings. The highest BCUT2D eigenvalue weighted by molar-refractivity contribution is 5.28. The topological polar surface area (TPSA) is 12.5 Å². The minimum Gasteiger partial charge on any atom is -0.379 e. The molecule has 0 aromatic heterocycles. The van der Waals surface area contributed by atoms with E-state index in [0.29, 0.717) is 0 Å². The van der Waals surface area contributed by atoms with Gasteiger partial charge in [-0.25, -0.2) is 0 Å². The molecule has 1 saturated heterocycles. The first-order valence-electron chi connectivity index (χ1n) is 7.82. The van der Waals surface area contributed by atoms with E-state index in [1.165, 1.54) is 16.7 Å². The average molecular weight is 281 g/mol. The molecule has 0 N–H and O–H groups in total. The smallest absolute Gasteiger partial charge is 0.0594 e. The van der Waals surface area contributed by atoms with Crippen molar-refractivity contribution >= 4 is 0 Å². The van der Waals surface area contributed by atoms with Crippen LogP contribution in [0.4, 0.5) is 0 Å². The van der Waals surface area contributed by atoms with Gasteiger partial charge in [-0.2, -0.15) is 0 Å². The molecule has 0 saturated carbocycles. The number of rotatable bonds is 5. The summed E-state index contributed by atoms with van der Waals surface area (Å²) in [6.45, 7) is 4.88. The van der Waals surface area contributed by atoms with Crippen molar-refractivity contribution in [2.45, 2.75) is 19.4 Å². The fraction of sp³-hybridized carbons (Fsp3) is 0.368. The molecule has 0 unspecified atom stereocenters. The number of aryl methyl sites for hydroxylation is 2. The van der Waals surface area contributed by atoms with Gasteiger partial charge in [-0.05, 0) is 29.5 Å². The van der Waals surface area contributed by atoms with Gasteiger partial charge in [0.05, 0.1) is 13.2 Å². The standard InChI is InChI=1S/C19H23NO/c1-2-6-17(7-3-1)10-11-18-8-4-5-9-19(18)16-20-12-14-21-15-13-20/h1-9H,10-16H2. The lowest BCUT2D eigenvalue weighted by molar-refractivity contribution is 0.0341. The molecule has 21 heavy (non-hydrogen) atoms. The normalized spacial score (nSPS) is 16.0. The fourth-order valence-electron chi connectivity index (χ4n) is 2.88. The Morgan fingerprint density at radius 2 is 1.43 bits per heavy atom. The molecule has 1 fully saturated rings. The van der Waals surface area contributed by atoms with E-state index in [1.54, 1.807) is 0 Å². The lowest BCUT2D eigenvalue weighted by atomic mass is 9.99. The van der Waals surface area contributed by atoms with E-state index >= 15 is 0 Å². The van der Waals surface area contributed by atoms with Crippen LogP contribution in [0.5, 0.6) is 0 Å². The Hall–Kier alpha value is -1.64. The number of benzene rings is 2. The summed E-state index contributed by atoms with van der Waals surface area (Å²) in [5, 5.41) is 0. The van der Waals surface area contributed by atoms with Crippen molar-refractivity contribution in [2.24, 2.45) is 0 Å². The zero-order valence-electron chi connectivity index (χ0n) is 12.5. The first-order chi connectivity index (χ1) is 10.4. The zero-order chi connectivity index (χ0) is 14.3. The summed E-state index contributed by atoms with van der Waals surface area (Å²) >= 11 is 0. The van der Waals surface area contributed by atoms with Crippen LogP contribution in [-0.4, -0.2) is 31.2 Å². The largest absolute Gasteiger partial charge is 0.379 e. The van der Waals surface area contributed by atoms with Gasteiger partial charge in [-0.15, -0.1) is 0 Å². The van der Waals surface area contributed by atoms with E-state index in [0.717, 1.165) is 45.7 Å². The summed E-state index contributed by atoms with van der Waals surface area (Å²) in [6, 6.07) is 19.6. The lowest BCUT2D eigenvalue weighted by Gasteiger charge is -2.27. The van der Waals surface area contributed by atoms with Gasteiger partial charge in [0.25, 0.3) is 0 Å². The van der Waals surface area contributed by atoms with Gasteiger partial charge in [0, 0.05) is 19.6 Å². The molecule has 0 spiro atoms. The predicted molar refractivity (Wildman–Crippen MR) is 86.4 cm³/mol. The van der Waals surface area contributed by atoms with Crippen LogP contribution in [0.25, 0.3) is 0 Å². The Morgan fingerprint density at radius 1 is 0.762 bits per heavy atom.